The van der Waals surface area contributed by atoms with Gasteiger partial charge in [-0.2, -0.15) is 0 Å². The molecule has 10 heteroatoms. The summed E-state index contributed by atoms with van der Waals surface area (Å²) in [6.07, 6.45) is 0. The van der Waals surface area contributed by atoms with E-state index in [0.29, 0.717) is 32.1 Å². The molecule has 31 heavy (non-hydrogen) atoms. The molecular formula is C21H26N2O8. The monoisotopic (exact) mass is 434 g/mol. The van der Waals surface area contributed by atoms with E-state index in [-0.39, 0.29) is 22.8 Å². The van der Waals surface area contributed by atoms with E-state index in [0.717, 1.165) is 5.56 Å². The van der Waals surface area contributed by atoms with Crippen LogP contribution in [-0.2, 0) is 16.1 Å². The molecular weight excluding hydrogens is 408 g/mol. The Kier molecular flexibility index (Phi) is 9.04. The number of methoxy groups -OCH3 is 3. The lowest BCUT2D eigenvalue weighted by atomic mass is 10.1. The Morgan fingerprint density at radius 3 is 2.35 bits per heavy atom. The average molecular weight is 434 g/mol. The molecule has 0 radical (unpaired) electrons. The van der Waals surface area contributed by atoms with Crippen molar-refractivity contribution in [2.24, 2.45) is 0 Å². The highest BCUT2D eigenvalue weighted by Crippen LogP contribution is 2.46. The minimum absolute atomic E-state index is 0.0273. The predicted molar refractivity (Wildman–Crippen MR) is 113 cm³/mol. The number of rotatable bonds is 12. The van der Waals surface area contributed by atoms with Crippen LogP contribution >= 0.6 is 0 Å². The van der Waals surface area contributed by atoms with E-state index in [4.69, 9.17) is 23.7 Å². The Morgan fingerprint density at radius 1 is 1.03 bits per heavy atom. The second-order valence-electron chi connectivity index (χ2n) is 6.20. The molecule has 0 bridgehead atoms. The van der Waals surface area contributed by atoms with E-state index in [1.165, 1.54) is 27.4 Å². The van der Waals surface area contributed by atoms with Crippen molar-refractivity contribution in [3.8, 4) is 17.2 Å². The fraction of sp³-hybridized carbons (Fsp3) is 0.381. The zero-order valence-corrected chi connectivity index (χ0v) is 17.9. The molecule has 0 saturated heterocycles. The maximum atomic E-state index is 12.9. The molecule has 0 atom stereocenters. The maximum absolute atomic E-state index is 12.9. The summed E-state index contributed by atoms with van der Waals surface area (Å²) in [5.41, 5.74) is 0.540. The van der Waals surface area contributed by atoms with Crippen molar-refractivity contribution in [1.82, 2.24) is 0 Å². The Labute approximate surface area is 180 Å². The lowest BCUT2D eigenvalue weighted by molar-refractivity contribution is -0.386. The van der Waals surface area contributed by atoms with Gasteiger partial charge >= 0.3 is 5.69 Å². The summed E-state index contributed by atoms with van der Waals surface area (Å²) in [6.45, 7) is 3.81. The Balaban J connectivity index is 2.27. The molecule has 1 N–H and O–H groups in total. The van der Waals surface area contributed by atoms with E-state index in [9.17, 15) is 14.9 Å². The van der Waals surface area contributed by atoms with Gasteiger partial charge in [0, 0.05) is 18.4 Å². The first-order valence-corrected chi connectivity index (χ1v) is 9.49. The summed E-state index contributed by atoms with van der Waals surface area (Å²) in [6, 6.07) is 8.24. The van der Waals surface area contributed by atoms with E-state index in [2.05, 4.69) is 5.32 Å². The average Bonchev–Trinajstić information content (AvgIpc) is 2.77. The summed E-state index contributed by atoms with van der Waals surface area (Å²) in [4.78, 5) is 23.9. The molecule has 168 valence electrons. The molecule has 0 aliphatic rings. The zero-order chi connectivity index (χ0) is 22.8. The van der Waals surface area contributed by atoms with Gasteiger partial charge < -0.3 is 29.0 Å². The van der Waals surface area contributed by atoms with Crippen LogP contribution < -0.4 is 19.5 Å². The van der Waals surface area contributed by atoms with Crippen molar-refractivity contribution in [3.63, 3.8) is 0 Å². The minimum Gasteiger partial charge on any atom is -0.493 e. The van der Waals surface area contributed by atoms with Crippen LogP contribution in [0.1, 0.15) is 22.8 Å². The third-order valence-electron chi connectivity index (χ3n) is 4.26. The predicted octanol–water partition coefficient (Wildman–Crippen LogP) is 3.43. The largest absolute Gasteiger partial charge is 0.493 e. The van der Waals surface area contributed by atoms with Crippen LogP contribution in [0.25, 0.3) is 0 Å². The van der Waals surface area contributed by atoms with Gasteiger partial charge in [0.15, 0.2) is 5.75 Å². The van der Waals surface area contributed by atoms with Gasteiger partial charge in [-0.05, 0) is 24.6 Å². The fourth-order valence-corrected chi connectivity index (χ4v) is 2.88. The van der Waals surface area contributed by atoms with Crippen LogP contribution in [0.15, 0.2) is 30.3 Å². The summed E-state index contributed by atoms with van der Waals surface area (Å²) in [7, 11) is 3.94. The number of nitrogens with zero attached hydrogens (tertiary/aromatic N) is 1. The van der Waals surface area contributed by atoms with Gasteiger partial charge in [0.2, 0.25) is 11.5 Å². The molecule has 0 unspecified atom stereocenters. The first kappa shape index (κ1) is 23.9. The van der Waals surface area contributed by atoms with E-state index < -0.39 is 16.5 Å². The highest BCUT2D eigenvalue weighted by Gasteiger charge is 2.32. The summed E-state index contributed by atoms with van der Waals surface area (Å²) < 4.78 is 26.3. The van der Waals surface area contributed by atoms with Crippen LogP contribution in [0.3, 0.4) is 0 Å². The van der Waals surface area contributed by atoms with Crippen LogP contribution in [0.5, 0.6) is 17.2 Å². The number of anilines is 1. The van der Waals surface area contributed by atoms with Crippen LogP contribution in [0.4, 0.5) is 11.4 Å². The van der Waals surface area contributed by atoms with Gasteiger partial charge in [-0.15, -0.1) is 0 Å². The number of ether oxygens (including phenoxy) is 5. The number of amides is 1. The molecule has 0 fully saturated rings. The Morgan fingerprint density at radius 2 is 1.74 bits per heavy atom. The van der Waals surface area contributed by atoms with Crippen molar-refractivity contribution in [2.45, 2.75) is 13.5 Å². The van der Waals surface area contributed by atoms with Crippen LogP contribution in [0, 0.1) is 10.1 Å². The van der Waals surface area contributed by atoms with Crippen molar-refractivity contribution in [1.29, 1.82) is 0 Å². The van der Waals surface area contributed by atoms with Gasteiger partial charge in [-0.3, -0.25) is 14.9 Å². The molecule has 1 amide bonds. The number of nitro benzene ring substituents is 1. The van der Waals surface area contributed by atoms with E-state index >= 15 is 0 Å². The number of hydrogen-bond acceptors (Lipinski definition) is 8. The smallest absolute Gasteiger partial charge is 0.327 e. The Bertz CT molecular complexity index is 916. The lowest BCUT2D eigenvalue weighted by Gasteiger charge is -2.15. The number of carbonyl (C=O) groups is 1. The molecule has 2 aromatic rings. The first-order valence-electron chi connectivity index (χ1n) is 9.49. The Hall–Kier alpha value is -3.37. The van der Waals surface area contributed by atoms with Gasteiger partial charge in [0.05, 0.1) is 46.1 Å². The maximum Gasteiger partial charge on any atom is 0.327 e. The normalized spacial score (nSPS) is 10.5. The molecule has 0 heterocycles. The van der Waals surface area contributed by atoms with E-state index in [1.54, 1.807) is 18.2 Å². The second-order valence-corrected chi connectivity index (χ2v) is 6.20. The van der Waals surface area contributed by atoms with Gasteiger partial charge in [-0.25, -0.2) is 0 Å². The minimum atomic E-state index is -0.696. The highest BCUT2D eigenvalue weighted by atomic mass is 16.6. The second kappa shape index (κ2) is 11.7. The van der Waals surface area contributed by atoms with Gasteiger partial charge in [0.25, 0.3) is 5.91 Å². The van der Waals surface area contributed by atoms with Crippen molar-refractivity contribution >= 4 is 17.3 Å². The summed E-state index contributed by atoms with van der Waals surface area (Å²) >= 11 is 0. The quantitative estimate of drug-likeness (QED) is 0.307. The molecule has 0 spiro atoms. The van der Waals surface area contributed by atoms with Crippen molar-refractivity contribution < 1.29 is 33.4 Å². The molecule has 2 aromatic carbocycles. The SMILES string of the molecule is CCOCCOCc1cccc(NC(=O)c2cc(OC)c(OC)c(OC)c2[N+](=O)[O-])c1. The lowest BCUT2D eigenvalue weighted by Crippen LogP contribution is -2.15. The summed E-state index contributed by atoms with van der Waals surface area (Å²) in [5, 5.41) is 14.4. The molecule has 0 saturated carbocycles. The summed E-state index contributed by atoms with van der Waals surface area (Å²) in [5.74, 6) is -0.736. The highest BCUT2D eigenvalue weighted by molar-refractivity contribution is 6.08. The molecule has 0 aromatic heterocycles. The first-order chi connectivity index (χ1) is 15.0. The fourth-order valence-electron chi connectivity index (χ4n) is 2.88. The van der Waals surface area contributed by atoms with Crippen molar-refractivity contribution in [3.05, 3.63) is 51.6 Å². The molecule has 0 aliphatic carbocycles. The number of benzene rings is 2. The number of nitrogens with one attached hydrogen (secondary N) is 1. The molecule has 0 aliphatic heterocycles. The molecule has 2 rings (SSSR count). The zero-order valence-electron chi connectivity index (χ0n) is 17.9. The third-order valence-corrected chi connectivity index (χ3v) is 4.26. The topological polar surface area (TPSA) is 118 Å². The van der Waals surface area contributed by atoms with Crippen LogP contribution in [-0.4, -0.2) is 52.0 Å². The number of hydrogen-bond donors (Lipinski definition) is 1. The van der Waals surface area contributed by atoms with Crippen LogP contribution in [0.2, 0.25) is 0 Å². The van der Waals surface area contributed by atoms with Gasteiger partial charge in [0.1, 0.15) is 5.56 Å². The van der Waals surface area contributed by atoms with Gasteiger partial charge in [-0.1, -0.05) is 12.1 Å². The van der Waals surface area contributed by atoms with E-state index in [1.807, 2.05) is 13.0 Å². The van der Waals surface area contributed by atoms with Crippen molar-refractivity contribution in [2.75, 3.05) is 46.5 Å². The number of nitro groups is 1. The molecule has 10 nitrogen and oxygen atoms in total. The third kappa shape index (κ3) is 6.06. The number of carbonyl (C=O) groups excluding carboxylic acids is 1. The standard InChI is InChI=1S/C21H26N2O8/c1-5-30-9-10-31-13-14-7-6-8-15(11-14)22-21(24)16-12-17(27-2)19(28-3)20(29-4)18(16)23(25)26/h6-8,11-12H,5,9-10,13H2,1-4H3,(H,22,24).